The first kappa shape index (κ1) is 19.5. The number of hydrogen-bond acceptors (Lipinski definition) is 5. The summed E-state index contributed by atoms with van der Waals surface area (Å²) in [5.41, 5.74) is 0.899. The molecule has 0 unspecified atom stereocenters. The number of amides is 1. The number of carbonyl (C=O) groups is 2. The SMILES string of the molecule is CC(C)CNC(=O)COC(=O)c1ccccc1Sc1ccccc1C#N. The fourth-order valence-electron chi connectivity index (χ4n) is 2.07. The molecule has 5 nitrogen and oxygen atoms in total. The molecule has 134 valence electrons. The van der Waals surface area contributed by atoms with Crippen molar-refractivity contribution < 1.29 is 14.3 Å². The summed E-state index contributed by atoms with van der Waals surface area (Å²) < 4.78 is 5.13. The van der Waals surface area contributed by atoms with Gasteiger partial charge in [0, 0.05) is 16.3 Å². The third kappa shape index (κ3) is 5.64. The van der Waals surface area contributed by atoms with Crippen LogP contribution in [0, 0.1) is 17.2 Å². The van der Waals surface area contributed by atoms with Gasteiger partial charge in [-0.2, -0.15) is 5.26 Å². The third-order valence-corrected chi connectivity index (χ3v) is 4.53. The van der Waals surface area contributed by atoms with Crippen LogP contribution in [0.25, 0.3) is 0 Å². The van der Waals surface area contributed by atoms with Gasteiger partial charge in [-0.25, -0.2) is 4.79 Å². The van der Waals surface area contributed by atoms with Crippen molar-refractivity contribution in [1.82, 2.24) is 5.32 Å². The number of nitriles is 1. The third-order valence-electron chi connectivity index (χ3n) is 3.38. The van der Waals surface area contributed by atoms with Gasteiger partial charge in [-0.05, 0) is 30.2 Å². The predicted molar refractivity (Wildman–Crippen MR) is 99.9 cm³/mol. The maximum absolute atomic E-state index is 12.4. The number of rotatable bonds is 7. The van der Waals surface area contributed by atoms with Gasteiger partial charge in [-0.15, -0.1) is 0 Å². The van der Waals surface area contributed by atoms with Crippen LogP contribution in [-0.2, 0) is 9.53 Å². The average molecular weight is 368 g/mol. The van der Waals surface area contributed by atoms with Gasteiger partial charge in [0.15, 0.2) is 6.61 Å². The summed E-state index contributed by atoms with van der Waals surface area (Å²) in [6, 6.07) is 16.3. The molecule has 1 amide bonds. The van der Waals surface area contributed by atoms with Crippen LogP contribution in [0.5, 0.6) is 0 Å². The smallest absolute Gasteiger partial charge is 0.339 e. The Balaban J connectivity index is 2.07. The summed E-state index contributed by atoms with van der Waals surface area (Å²) in [6.07, 6.45) is 0. The van der Waals surface area contributed by atoms with Crippen LogP contribution in [0.4, 0.5) is 0 Å². The molecule has 0 aromatic heterocycles. The molecular formula is C20H20N2O3S. The number of benzene rings is 2. The van der Waals surface area contributed by atoms with Gasteiger partial charge in [0.1, 0.15) is 6.07 Å². The topological polar surface area (TPSA) is 79.2 Å². The Morgan fingerprint density at radius 1 is 1.12 bits per heavy atom. The van der Waals surface area contributed by atoms with Crippen molar-refractivity contribution in [3.05, 3.63) is 59.7 Å². The Kier molecular flexibility index (Phi) is 7.24. The maximum atomic E-state index is 12.4. The second-order valence-corrected chi connectivity index (χ2v) is 7.06. The van der Waals surface area contributed by atoms with Crippen LogP contribution < -0.4 is 5.32 Å². The summed E-state index contributed by atoms with van der Waals surface area (Å²) in [4.78, 5) is 25.5. The highest BCUT2D eigenvalue weighted by Gasteiger charge is 2.16. The van der Waals surface area contributed by atoms with E-state index in [2.05, 4.69) is 11.4 Å². The number of esters is 1. The van der Waals surface area contributed by atoms with E-state index < -0.39 is 5.97 Å². The van der Waals surface area contributed by atoms with E-state index in [1.807, 2.05) is 32.0 Å². The molecule has 0 aliphatic carbocycles. The van der Waals surface area contributed by atoms with Gasteiger partial charge >= 0.3 is 5.97 Å². The fourth-order valence-corrected chi connectivity index (χ4v) is 3.08. The van der Waals surface area contributed by atoms with Crippen molar-refractivity contribution in [3.63, 3.8) is 0 Å². The number of carbonyl (C=O) groups excluding carboxylic acids is 2. The van der Waals surface area contributed by atoms with E-state index in [0.717, 1.165) is 4.90 Å². The number of nitrogens with zero attached hydrogens (tertiary/aromatic N) is 1. The fraction of sp³-hybridized carbons (Fsp3) is 0.250. The second kappa shape index (κ2) is 9.64. The van der Waals surface area contributed by atoms with Gasteiger partial charge in [0.25, 0.3) is 5.91 Å². The lowest BCUT2D eigenvalue weighted by Crippen LogP contribution is -2.31. The molecule has 0 heterocycles. The summed E-state index contributed by atoms with van der Waals surface area (Å²) >= 11 is 1.32. The minimum atomic E-state index is -0.567. The largest absolute Gasteiger partial charge is 0.452 e. The maximum Gasteiger partial charge on any atom is 0.339 e. The summed E-state index contributed by atoms with van der Waals surface area (Å²) in [5, 5.41) is 11.9. The Hall–Kier alpha value is -2.78. The van der Waals surface area contributed by atoms with Crippen LogP contribution in [0.2, 0.25) is 0 Å². The molecule has 2 aromatic carbocycles. The normalized spacial score (nSPS) is 10.2. The van der Waals surface area contributed by atoms with E-state index in [9.17, 15) is 14.9 Å². The lowest BCUT2D eigenvalue weighted by molar-refractivity contribution is -0.124. The Labute approximate surface area is 157 Å². The molecule has 6 heteroatoms. The Morgan fingerprint density at radius 3 is 2.46 bits per heavy atom. The number of nitrogens with one attached hydrogen (secondary N) is 1. The lowest BCUT2D eigenvalue weighted by Gasteiger charge is -2.11. The minimum Gasteiger partial charge on any atom is -0.452 e. The van der Waals surface area contributed by atoms with Gasteiger partial charge in [0.2, 0.25) is 0 Å². The van der Waals surface area contributed by atoms with Crippen LogP contribution >= 0.6 is 11.8 Å². The molecule has 0 bridgehead atoms. The van der Waals surface area contributed by atoms with E-state index in [-0.39, 0.29) is 12.5 Å². The van der Waals surface area contributed by atoms with Gasteiger partial charge in [0.05, 0.1) is 11.1 Å². The quantitative estimate of drug-likeness (QED) is 0.755. The molecule has 0 spiro atoms. The monoisotopic (exact) mass is 368 g/mol. The highest BCUT2D eigenvalue weighted by molar-refractivity contribution is 7.99. The molecule has 2 rings (SSSR count). The average Bonchev–Trinajstić information content (AvgIpc) is 2.65. The first-order chi connectivity index (χ1) is 12.5. The van der Waals surface area contributed by atoms with Gasteiger partial charge in [-0.1, -0.05) is 49.9 Å². The second-order valence-electron chi connectivity index (χ2n) is 5.98. The van der Waals surface area contributed by atoms with Crippen molar-refractivity contribution >= 4 is 23.6 Å². The number of ether oxygens (including phenoxy) is 1. The molecule has 26 heavy (non-hydrogen) atoms. The molecule has 0 saturated carbocycles. The molecule has 1 N–H and O–H groups in total. The highest BCUT2D eigenvalue weighted by atomic mass is 32.2. The van der Waals surface area contributed by atoms with Crippen LogP contribution in [0.15, 0.2) is 58.3 Å². The summed E-state index contributed by atoms with van der Waals surface area (Å²) in [6.45, 7) is 4.19. The molecule has 0 fully saturated rings. The Bertz CT molecular complexity index is 828. The lowest BCUT2D eigenvalue weighted by atomic mass is 10.2. The molecule has 0 saturated heterocycles. The van der Waals surface area contributed by atoms with Crippen molar-refractivity contribution in [2.24, 2.45) is 5.92 Å². The number of hydrogen-bond donors (Lipinski definition) is 1. The predicted octanol–water partition coefficient (Wildman–Crippen LogP) is 3.64. The molecule has 2 aromatic rings. The molecular weight excluding hydrogens is 348 g/mol. The first-order valence-electron chi connectivity index (χ1n) is 8.21. The molecule has 0 atom stereocenters. The van der Waals surface area contributed by atoms with Crippen molar-refractivity contribution in [2.45, 2.75) is 23.6 Å². The molecule has 0 radical (unpaired) electrons. The first-order valence-corrected chi connectivity index (χ1v) is 9.02. The molecule has 0 aliphatic heterocycles. The van der Waals surface area contributed by atoms with E-state index >= 15 is 0 Å². The zero-order chi connectivity index (χ0) is 18.9. The van der Waals surface area contributed by atoms with E-state index in [1.54, 1.807) is 30.3 Å². The van der Waals surface area contributed by atoms with Gasteiger partial charge in [-0.3, -0.25) is 4.79 Å². The zero-order valence-electron chi connectivity index (χ0n) is 14.7. The van der Waals surface area contributed by atoms with Crippen molar-refractivity contribution in [2.75, 3.05) is 13.2 Å². The van der Waals surface area contributed by atoms with E-state index in [4.69, 9.17) is 4.74 Å². The van der Waals surface area contributed by atoms with Crippen LogP contribution in [0.3, 0.4) is 0 Å². The van der Waals surface area contributed by atoms with Crippen molar-refractivity contribution in [3.8, 4) is 6.07 Å². The molecule has 0 aliphatic rings. The minimum absolute atomic E-state index is 0.320. The van der Waals surface area contributed by atoms with E-state index in [1.165, 1.54) is 11.8 Å². The summed E-state index contributed by atoms with van der Waals surface area (Å²) in [7, 11) is 0. The Morgan fingerprint density at radius 2 is 1.77 bits per heavy atom. The zero-order valence-corrected chi connectivity index (χ0v) is 15.5. The van der Waals surface area contributed by atoms with E-state index in [0.29, 0.717) is 28.5 Å². The standard InChI is InChI=1S/C20H20N2O3S/c1-14(2)12-22-19(23)13-25-20(24)16-8-4-6-10-18(16)26-17-9-5-3-7-15(17)11-21/h3-10,14H,12-13H2,1-2H3,(H,22,23). The van der Waals surface area contributed by atoms with Crippen LogP contribution in [0.1, 0.15) is 29.8 Å². The summed E-state index contributed by atoms with van der Waals surface area (Å²) in [5.74, 6) is -0.568. The van der Waals surface area contributed by atoms with Crippen LogP contribution in [-0.4, -0.2) is 25.0 Å². The van der Waals surface area contributed by atoms with Crippen molar-refractivity contribution in [1.29, 1.82) is 5.26 Å². The van der Waals surface area contributed by atoms with Gasteiger partial charge < -0.3 is 10.1 Å². The highest BCUT2D eigenvalue weighted by Crippen LogP contribution is 2.32.